The number of rotatable bonds is 8. The van der Waals surface area contributed by atoms with Gasteiger partial charge in [0.25, 0.3) is 0 Å². The SMILES string of the molecule is COCC(C)(C)NCc1cccc(OC)c1OC(F)F. The van der Waals surface area contributed by atoms with Crippen molar-refractivity contribution in [2.45, 2.75) is 32.5 Å². The van der Waals surface area contributed by atoms with Gasteiger partial charge in [-0.15, -0.1) is 0 Å². The van der Waals surface area contributed by atoms with Crippen molar-refractivity contribution in [2.24, 2.45) is 0 Å². The second kappa shape index (κ2) is 7.40. The third-order valence-electron chi connectivity index (χ3n) is 2.75. The lowest BCUT2D eigenvalue weighted by atomic mass is 10.1. The first-order chi connectivity index (χ1) is 9.39. The Morgan fingerprint density at radius 1 is 1.25 bits per heavy atom. The standard InChI is InChI=1S/C14H21F2NO3/c1-14(2,9-18-3)17-8-10-6-5-7-11(19-4)12(10)20-13(15)16/h5-7,13,17H,8-9H2,1-4H3. The fourth-order valence-corrected chi connectivity index (χ4v) is 1.83. The van der Waals surface area contributed by atoms with E-state index in [0.29, 0.717) is 18.7 Å². The molecule has 0 saturated carbocycles. The maximum absolute atomic E-state index is 12.5. The van der Waals surface area contributed by atoms with Crippen LogP contribution < -0.4 is 14.8 Å². The number of para-hydroxylation sites is 1. The van der Waals surface area contributed by atoms with Gasteiger partial charge in [0.05, 0.1) is 13.7 Å². The number of alkyl halides is 2. The van der Waals surface area contributed by atoms with E-state index in [4.69, 9.17) is 9.47 Å². The molecule has 6 heteroatoms. The Labute approximate surface area is 118 Å². The second-order valence-corrected chi connectivity index (χ2v) is 5.00. The predicted octanol–water partition coefficient (Wildman–Crippen LogP) is 2.81. The smallest absolute Gasteiger partial charge is 0.387 e. The van der Waals surface area contributed by atoms with Crippen molar-refractivity contribution in [3.05, 3.63) is 23.8 Å². The molecule has 1 aromatic rings. The van der Waals surface area contributed by atoms with E-state index in [9.17, 15) is 8.78 Å². The molecule has 0 spiro atoms. The highest BCUT2D eigenvalue weighted by Crippen LogP contribution is 2.32. The summed E-state index contributed by atoms with van der Waals surface area (Å²) in [6.07, 6.45) is 0. The third-order valence-corrected chi connectivity index (χ3v) is 2.75. The molecule has 0 aromatic heterocycles. The Morgan fingerprint density at radius 3 is 2.50 bits per heavy atom. The van der Waals surface area contributed by atoms with Crippen LogP contribution >= 0.6 is 0 Å². The van der Waals surface area contributed by atoms with Gasteiger partial charge in [0.2, 0.25) is 0 Å². The van der Waals surface area contributed by atoms with Crippen molar-refractivity contribution >= 4 is 0 Å². The molecule has 0 aliphatic rings. The van der Waals surface area contributed by atoms with Gasteiger partial charge in [-0.25, -0.2) is 0 Å². The van der Waals surface area contributed by atoms with Crippen LogP contribution in [0, 0.1) is 0 Å². The van der Waals surface area contributed by atoms with E-state index in [1.54, 1.807) is 25.3 Å². The van der Waals surface area contributed by atoms with Gasteiger partial charge in [0, 0.05) is 24.8 Å². The lowest BCUT2D eigenvalue weighted by Gasteiger charge is -2.26. The number of hydrogen-bond acceptors (Lipinski definition) is 4. The average Bonchev–Trinajstić information content (AvgIpc) is 2.36. The maximum Gasteiger partial charge on any atom is 0.387 e. The first-order valence-corrected chi connectivity index (χ1v) is 6.24. The van der Waals surface area contributed by atoms with Gasteiger partial charge in [-0.1, -0.05) is 12.1 Å². The highest BCUT2D eigenvalue weighted by atomic mass is 19.3. The molecule has 4 nitrogen and oxygen atoms in total. The van der Waals surface area contributed by atoms with Crippen molar-refractivity contribution in [1.29, 1.82) is 0 Å². The number of halogens is 2. The van der Waals surface area contributed by atoms with Crippen LogP contribution in [0.15, 0.2) is 18.2 Å². The van der Waals surface area contributed by atoms with Crippen LogP contribution in [0.2, 0.25) is 0 Å². The summed E-state index contributed by atoms with van der Waals surface area (Å²) in [5.74, 6) is 0.347. The third kappa shape index (κ3) is 4.94. The molecule has 1 aromatic carbocycles. The molecule has 0 bridgehead atoms. The van der Waals surface area contributed by atoms with E-state index >= 15 is 0 Å². The molecule has 0 heterocycles. The first-order valence-electron chi connectivity index (χ1n) is 6.24. The summed E-state index contributed by atoms with van der Waals surface area (Å²) in [6.45, 7) is 1.91. The molecule has 0 aliphatic carbocycles. The van der Waals surface area contributed by atoms with E-state index < -0.39 is 6.61 Å². The van der Waals surface area contributed by atoms with E-state index in [-0.39, 0.29) is 17.0 Å². The molecule has 1 rings (SSSR count). The zero-order valence-electron chi connectivity index (χ0n) is 12.2. The molecule has 0 aliphatic heterocycles. The molecule has 0 radical (unpaired) electrons. The van der Waals surface area contributed by atoms with Crippen LogP contribution in [0.25, 0.3) is 0 Å². The molecule has 1 N–H and O–H groups in total. The lowest BCUT2D eigenvalue weighted by molar-refractivity contribution is -0.0519. The zero-order valence-corrected chi connectivity index (χ0v) is 12.2. The second-order valence-electron chi connectivity index (χ2n) is 5.00. The Hall–Kier alpha value is -1.40. The molecular weight excluding hydrogens is 268 g/mol. The van der Waals surface area contributed by atoms with Gasteiger partial charge >= 0.3 is 6.61 Å². The number of ether oxygens (including phenoxy) is 3. The summed E-state index contributed by atoms with van der Waals surface area (Å²) in [7, 11) is 3.03. The highest BCUT2D eigenvalue weighted by Gasteiger charge is 2.20. The van der Waals surface area contributed by atoms with E-state index in [1.165, 1.54) is 7.11 Å². The maximum atomic E-state index is 12.5. The largest absolute Gasteiger partial charge is 0.493 e. The fourth-order valence-electron chi connectivity index (χ4n) is 1.83. The summed E-state index contributed by atoms with van der Waals surface area (Å²) >= 11 is 0. The van der Waals surface area contributed by atoms with Crippen molar-refractivity contribution in [3.63, 3.8) is 0 Å². The summed E-state index contributed by atoms with van der Waals surface area (Å²) in [6, 6.07) is 5.04. The molecule has 0 unspecified atom stereocenters. The minimum atomic E-state index is -2.89. The number of methoxy groups -OCH3 is 2. The number of hydrogen-bond donors (Lipinski definition) is 1. The van der Waals surface area contributed by atoms with Crippen LogP contribution in [0.5, 0.6) is 11.5 Å². The average molecular weight is 289 g/mol. The van der Waals surface area contributed by atoms with Crippen LogP contribution in [0.4, 0.5) is 8.78 Å². The van der Waals surface area contributed by atoms with Crippen molar-refractivity contribution in [1.82, 2.24) is 5.32 Å². The molecule has 20 heavy (non-hydrogen) atoms. The predicted molar refractivity (Wildman–Crippen MR) is 72.4 cm³/mol. The van der Waals surface area contributed by atoms with Crippen molar-refractivity contribution in [3.8, 4) is 11.5 Å². The molecule has 0 amide bonds. The lowest BCUT2D eigenvalue weighted by Crippen LogP contribution is -2.42. The topological polar surface area (TPSA) is 39.7 Å². The van der Waals surface area contributed by atoms with Crippen LogP contribution in [-0.2, 0) is 11.3 Å². The van der Waals surface area contributed by atoms with Gasteiger partial charge < -0.3 is 19.5 Å². The highest BCUT2D eigenvalue weighted by molar-refractivity contribution is 5.46. The normalized spacial score (nSPS) is 11.8. The first kappa shape index (κ1) is 16.7. The number of benzene rings is 1. The van der Waals surface area contributed by atoms with Gasteiger partial charge in [-0.2, -0.15) is 8.78 Å². The molecule has 0 fully saturated rings. The summed E-state index contributed by atoms with van der Waals surface area (Å²) in [4.78, 5) is 0. The van der Waals surface area contributed by atoms with Crippen LogP contribution in [-0.4, -0.2) is 33.0 Å². The molecule has 0 saturated heterocycles. The molecular formula is C14H21F2NO3. The van der Waals surface area contributed by atoms with Crippen molar-refractivity contribution in [2.75, 3.05) is 20.8 Å². The Bertz CT molecular complexity index is 425. The Kier molecular flexibility index (Phi) is 6.16. The number of nitrogens with one attached hydrogen (secondary N) is 1. The van der Waals surface area contributed by atoms with E-state index in [2.05, 4.69) is 10.1 Å². The van der Waals surface area contributed by atoms with Gasteiger partial charge in [0.1, 0.15) is 0 Å². The van der Waals surface area contributed by atoms with E-state index in [1.807, 2.05) is 13.8 Å². The summed E-state index contributed by atoms with van der Waals surface area (Å²) in [5.41, 5.74) is 0.328. The Balaban J connectivity index is 2.88. The van der Waals surface area contributed by atoms with Crippen LogP contribution in [0.3, 0.4) is 0 Å². The Morgan fingerprint density at radius 2 is 1.95 bits per heavy atom. The summed E-state index contributed by atoms with van der Waals surface area (Å²) in [5, 5.41) is 3.24. The quantitative estimate of drug-likeness (QED) is 0.799. The van der Waals surface area contributed by atoms with Gasteiger partial charge in [0.15, 0.2) is 11.5 Å². The summed E-state index contributed by atoms with van der Waals surface area (Å²) < 4.78 is 39.7. The fraction of sp³-hybridized carbons (Fsp3) is 0.571. The van der Waals surface area contributed by atoms with Crippen molar-refractivity contribution < 1.29 is 23.0 Å². The monoisotopic (exact) mass is 289 g/mol. The van der Waals surface area contributed by atoms with Crippen LogP contribution in [0.1, 0.15) is 19.4 Å². The molecule has 0 atom stereocenters. The van der Waals surface area contributed by atoms with E-state index in [0.717, 1.165) is 0 Å². The zero-order chi connectivity index (χ0) is 15.2. The minimum Gasteiger partial charge on any atom is -0.493 e. The minimum absolute atomic E-state index is 0.0608. The van der Waals surface area contributed by atoms with Gasteiger partial charge in [-0.3, -0.25) is 0 Å². The van der Waals surface area contributed by atoms with Gasteiger partial charge in [-0.05, 0) is 19.9 Å². The molecule has 114 valence electrons.